The number of amides is 2. The first-order valence-corrected chi connectivity index (χ1v) is 11.5. The minimum Gasteiger partial charge on any atom is -0.338 e. The average Bonchev–Trinajstić information content (AvgIpc) is 3.40. The van der Waals surface area contributed by atoms with E-state index in [-0.39, 0.29) is 17.7 Å². The Morgan fingerprint density at radius 1 is 1.18 bits per heavy atom. The molecule has 1 N–H and O–H groups in total. The van der Waals surface area contributed by atoms with Gasteiger partial charge in [-0.15, -0.1) is 0 Å². The van der Waals surface area contributed by atoms with Crippen molar-refractivity contribution in [3.8, 4) is 0 Å². The van der Waals surface area contributed by atoms with E-state index in [1.165, 1.54) is 5.56 Å². The minimum absolute atomic E-state index is 0.0107. The van der Waals surface area contributed by atoms with Gasteiger partial charge in [-0.05, 0) is 38.7 Å². The second-order valence-electron chi connectivity index (χ2n) is 8.93. The van der Waals surface area contributed by atoms with Crippen molar-refractivity contribution in [2.45, 2.75) is 45.4 Å². The van der Waals surface area contributed by atoms with Crippen molar-refractivity contribution in [3.63, 3.8) is 0 Å². The maximum atomic E-state index is 13.0. The van der Waals surface area contributed by atoms with Gasteiger partial charge >= 0.3 is 0 Å². The average molecular weight is 445 g/mol. The number of carbonyl (C=O) groups excluding carboxylic acids is 2. The zero-order chi connectivity index (χ0) is 22.9. The van der Waals surface area contributed by atoms with Gasteiger partial charge in [0.05, 0.1) is 18.2 Å². The highest BCUT2D eigenvalue weighted by Crippen LogP contribution is 2.33. The molecule has 0 aliphatic carbocycles. The predicted octanol–water partition coefficient (Wildman–Crippen LogP) is 2.97. The van der Waals surface area contributed by atoms with Crippen LogP contribution in [0.4, 0.5) is 5.82 Å². The first kappa shape index (κ1) is 21.3. The Labute approximate surface area is 193 Å². The number of piperidine rings is 1. The number of hydrogen-bond acceptors (Lipinski definition) is 5. The van der Waals surface area contributed by atoms with E-state index >= 15 is 0 Å². The Morgan fingerprint density at radius 3 is 2.76 bits per heavy atom. The van der Waals surface area contributed by atoms with Crippen molar-refractivity contribution < 1.29 is 9.59 Å². The van der Waals surface area contributed by atoms with Gasteiger partial charge in [-0.3, -0.25) is 19.6 Å². The molecule has 4 heterocycles. The molecule has 1 aromatic carbocycles. The molecular formula is C25H28N6O2. The Morgan fingerprint density at radius 2 is 2.00 bits per heavy atom. The Kier molecular flexibility index (Phi) is 5.66. The molecule has 2 aliphatic heterocycles. The molecule has 0 saturated carbocycles. The number of H-pyrrole nitrogens is 1. The molecule has 0 unspecified atom stereocenters. The quantitative estimate of drug-likeness (QED) is 0.653. The summed E-state index contributed by atoms with van der Waals surface area (Å²) in [5.74, 6) is 1.58. The Bertz CT molecular complexity index is 1190. The van der Waals surface area contributed by atoms with Crippen LogP contribution in [0, 0.1) is 13.8 Å². The molecule has 5 rings (SSSR count). The topological polar surface area (TPSA) is 95.1 Å². The van der Waals surface area contributed by atoms with Gasteiger partial charge in [0.15, 0.2) is 0 Å². The largest absolute Gasteiger partial charge is 0.338 e. The van der Waals surface area contributed by atoms with E-state index in [0.29, 0.717) is 31.6 Å². The maximum absolute atomic E-state index is 13.0. The molecule has 0 bridgehead atoms. The SMILES string of the molecule is Cc1nc([C@H]2CCCN(C(=O)c3cn[nH]c3C)C2)nc2c1CC(=O)N2CCc1ccccc1. The van der Waals surface area contributed by atoms with Crippen molar-refractivity contribution in [3.05, 3.63) is 70.4 Å². The third-order valence-electron chi connectivity index (χ3n) is 6.70. The van der Waals surface area contributed by atoms with E-state index in [4.69, 9.17) is 9.97 Å². The van der Waals surface area contributed by atoms with Crippen molar-refractivity contribution in [1.29, 1.82) is 0 Å². The van der Waals surface area contributed by atoms with Crippen LogP contribution in [0.3, 0.4) is 0 Å². The molecule has 2 amide bonds. The van der Waals surface area contributed by atoms with E-state index in [1.54, 1.807) is 11.1 Å². The maximum Gasteiger partial charge on any atom is 0.257 e. The van der Waals surface area contributed by atoms with Crippen LogP contribution in [-0.4, -0.2) is 56.5 Å². The number of carbonyl (C=O) groups is 2. The van der Waals surface area contributed by atoms with Crippen LogP contribution in [0.2, 0.25) is 0 Å². The van der Waals surface area contributed by atoms with Crippen LogP contribution in [-0.2, 0) is 17.6 Å². The molecular weight excluding hydrogens is 416 g/mol. The fourth-order valence-electron chi connectivity index (χ4n) is 4.80. The van der Waals surface area contributed by atoms with Gasteiger partial charge in [0.2, 0.25) is 5.91 Å². The molecule has 3 aromatic rings. The number of aromatic nitrogens is 4. The number of nitrogens with zero attached hydrogens (tertiary/aromatic N) is 5. The molecule has 0 spiro atoms. The second kappa shape index (κ2) is 8.77. The van der Waals surface area contributed by atoms with Crippen molar-refractivity contribution >= 4 is 17.6 Å². The van der Waals surface area contributed by atoms with Gasteiger partial charge in [0.1, 0.15) is 11.6 Å². The van der Waals surface area contributed by atoms with Gasteiger partial charge in [0, 0.05) is 42.5 Å². The van der Waals surface area contributed by atoms with Gasteiger partial charge in [-0.1, -0.05) is 30.3 Å². The smallest absolute Gasteiger partial charge is 0.257 e. The summed E-state index contributed by atoms with van der Waals surface area (Å²) in [5, 5.41) is 6.83. The van der Waals surface area contributed by atoms with E-state index in [1.807, 2.05) is 36.9 Å². The van der Waals surface area contributed by atoms with Crippen LogP contribution in [0.1, 0.15) is 57.5 Å². The normalized spacial score (nSPS) is 18.0. The number of rotatable bonds is 5. The van der Waals surface area contributed by atoms with E-state index in [9.17, 15) is 9.59 Å². The molecule has 1 fully saturated rings. The number of fused-ring (bicyclic) bond motifs is 1. The molecule has 0 radical (unpaired) electrons. The number of anilines is 1. The highest BCUT2D eigenvalue weighted by molar-refractivity contribution is 6.00. The number of hydrogen-bond donors (Lipinski definition) is 1. The summed E-state index contributed by atoms with van der Waals surface area (Å²) in [4.78, 5) is 39.1. The van der Waals surface area contributed by atoms with E-state index < -0.39 is 0 Å². The standard InChI is InChI=1S/C25H28N6O2/c1-16-20-13-22(32)31(12-10-18-7-4-3-5-8-18)24(20)28-23(27-16)19-9-6-11-30(15-19)25(33)21-14-26-29-17(21)2/h3-5,7-8,14,19H,6,9-13,15H2,1-2H3,(H,26,29)/t19-/m0/s1. The van der Waals surface area contributed by atoms with E-state index in [2.05, 4.69) is 22.3 Å². The number of aryl methyl sites for hydroxylation is 2. The summed E-state index contributed by atoms with van der Waals surface area (Å²) >= 11 is 0. The lowest BCUT2D eigenvalue weighted by atomic mass is 9.96. The van der Waals surface area contributed by atoms with Crippen LogP contribution < -0.4 is 4.90 Å². The van der Waals surface area contributed by atoms with Crippen LogP contribution >= 0.6 is 0 Å². The van der Waals surface area contributed by atoms with Crippen molar-refractivity contribution in [1.82, 2.24) is 25.1 Å². The highest BCUT2D eigenvalue weighted by atomic mass is 16.2. The predicted molar refractivity (Wildman–Crippen MR) is 124 cm³/mol. The second-order valence-corrected chi connectivity index (χ2v) is 8.93. The zero-order valence-corrected chi connectivity index (χ0v) is 19.0. The first-order chi connectivity index (χ1) is 16.0. The lowest BCUT2D eigenvalue weighted by Crippen LogP contribution is -2.39. The minimum atomic E-state index is -0.0107. The fourth-order valence-corrected chi connectivity index (χ4v) is 4.80. The van der Waals surface area contributed by atoms with Gasteiger partial charge in [0.25, 0.3) is 5.91 Å². The number of aromatic amines is 1. The number of likely N-dealkylation sites (tertiary alicyclic amines) is 1. The monoisotopic (exact) mass is 444 g/mol. The molecule has 8 nitrogen and oxygen atoms in total. The summed E-state index contributed by atoms with van der Waals surface area (Å²) in [6, 6.07) is 10.2. The van der Waals surface area contributed by atoms with Crippen LogP contribution in [0.5, 0.6) is 0 Å². The van der Waals surface area contributed by atoms with E-state index in [0.717, 1.165) is 47.9 Å². The van der Waals surface area contributed by atoms with Crippen molar-refractivity contribution in [2.24, 2.45) is 0 Å². The Balaban J connectivity index is 1.37. The number of nitrogens with one attached hydrogen (secondary N) is 1. The highest BCUT2D eigenvalue weighted by Gasteiger charge is 2.34. The molecule has 33 heavy (non-hydrogen) atoms. The summed E-state index contributed by atoms with van der Waals surface area (Å²) < 4.78 is 0. The third-order valence-corrected chi connectivity index (χ3v) is 6.70. The van der Waals surface area contributed by atoms with Gasteiger partial charge in [-0.2, -0.15) is 5.10 Å². The summed E-state index contributed by atoms with van der Waals surface area (Å²) in [6.45, 7) is 5.69. The Hall–Kier alpha value is -3.55. The molecule has 1 atom stereocenters. The van der Waals surface area contributed by atoms with Crippen LogP contribution in [0.25, 0.3) is 0 Å². The molecule has 8 heteroatoms. The molecule has 2 aromatic heterocycles. The fraction of sp³-hybridized carbons (Fsp3) is 0.400. The first-order valence-electron chi connectivity index (χ1n) is 11.5. The molecule has 170 valence electrons. The summed E-state index contributed by atoms with van der Waals surface area (Å²) in [7, 11) is 0. The lowest BCUT2D eigenvalue weighted by Gasteiger charge is -2.32. The van der Waals surface area contributed by atoms with Gasteiger partial charge < -0.3 is 4.90 Å². The molecule has 2 aliphatic rings. The summed E-state index contributed by atoms with van der Waals surface area (Å²) in [6.07, 6.45) is 4.53. The lowest BCUT2D eigenvalue weighted by molar-refractivity contribution is -0.117. The van der Waals surface area contributed by atoms with Crippen LogP contribution in [0.15, 0.2) is 36.5 Å². The van der Waals surface area contributed by atoms with Gasteiger partial charge in [-0.25, -0.2) is 9.97 Å². The van der Waals surface area contributed by atoms with Crippen molar-refractivity contribution in [2.75, 3.05) is 24.5 Å². The molecule has 1 saturated heterocycles. The summed E-state index contributed by atoms with van der Waals surface area (Å²) in [5.41, 5.74) is 4.37. The zero-order valence-electron chi connectivity index (χ0n) is 19.0. The third kappa shape index (κ3) is 4.13. The number of benzene rings is 1.